The van der Waals surface area contributed by atoms with Crippen LogP contribution in [-0.2, 0) is 0 Å². The van der Waals surface area contributed by atoms with Crippen molar-refractivity contribution in [1.82, 2.24) is 5.32 Å². The third-order valence-electron chi connectivity index (χ3n) is 3.11. The lowest BCUT2D eigenvalue weighted by Crippen LogP contribution is -2.40. The Kier molecular flexibility index (Phi) is 2.28. The Labute approximate surface area is 76.3 Å². The maximum absolute atomic E-state index is 12.6. The van der Waals surface area contributed by atoms with Crippen molar-refractivity contribution in [3.05, 3.63) is 0 Å². The molecule has 0 radical (unpaired) electrons. The highest BCUT2D eigenvalue weighted by atomic mass is 19.3. The summed E-state index contributed by atoms with van der Waals surface area (Å²) < 4.78 is 25.2. The molecule has 0 amide bonds. The van der Waals surface area contributed by atoms with Crippen molar-refractivity contribution < 1.29 is 13.9 Å². The molecule has 2 nitrogen and oxygen atoms in total. The molecular formula is C9H15F2NO. The van der Waals surface area contributed by atoms with Crippen LogP contribution in [0.5, 0.6) is 0 Å². The summed E-state index contributed by atoms with van der Waals surface area (Å²) >= 11 is 0. The van der Waals surface area contributed by atoms with Crippen LogP contribution in [0.3, 0.4) is 0 Å². The van der Waals surface area contributed by atoms with Crippen molar-refractivity contribution in [2.45, 2.75) is 31.3 Å². The highest BCUT2D eigenvalue weighted by molar-refractivity contribution is 4.97. The van der Waals surface area contributed by atoms with Gasteiger partial charge in [0.05, 0.1) is 6.10 Å². The van der Waals surface area contributed by atoms with Gasteiger partial charge in [-0.3, -0.25) is 0 Å². The summed E-state index contributed by atoms with van der Waals surface area (Å²) in [7, 11) is 0. The Balaban J connectivity index is 1.81. The monoisotopic (exact) mass is 191 g/mol. The first-order chi connectivity index (χ1) is 6.09. The predicted octanol–water partition coefficient (Wildman–Crippen LogP) is 1.00. The van der Waals surface area contributed by atoms with Crippen LogP contribution in [-0.4, -0.2) is 30.2 Å². The van der Waals surface area contributed by atoms with Crippen molar-refractivity contribution >= 4 is 0 Å². The second-order valence-electron chi connectivity index (χ2n) is 4.22. The van der Waals surface area contributed by atoms with Crippen molar-refractivity contribution in [2.75, 3.05) is 13.1 Å². The number of nitrogens with one attached hydrogen (secondary N) is 1. The molecule has 4 heteroatoms. The van der Waals surface area contributed by atoms with Crippen LogP contribution < -0.4 is 5.32 Å². The second-order valence-corrected chi connectivity index (χ2v) is 4.22. The minimum atomic E-state index is -2.43. The molecule has 3 atom stereocenters. The number of piperidine rings is 1. The minimum absolute atomic E-state index is 0.0240. The first-order valence-corrected chi connectivity index (χ1v) is 4.86. The Morgan fingerprint density at radius 2 is 2.15 bits per heavy atom. The van der Waals surface area contributed by atoms with Gasteiger partial charge < -0.3 is 10.4 Å². The van der Waals surface area contributed by atoms with Crippen LogP contribution in [0.4, 0.5) is 8.78 Å². The van der Waals surface area contributed by atoms with E-state index < -0.39 is 11.8 Å². The molecule has 1 aliphatic heterocycles. The fraction of sp³-hybridized carbons (Fsp3) is 1.00. The molecule has 2 N–H and O–H groups in total. The molecule has 1 saturated heterocycles. The molecule has 0 bridgehead atoms. The minimum Gasteiger partial charge on any atom is -0.393 e. The molecule has 2 rings (SSSR count). The fourth-order valence-electron chi connectivity index (χ4n) is 2.04. The number of alkyl halides is 2. The van der Waals surface area contributed by atoms with Gasteiger partial charge in [0.2, 0.25) is 0 Å². The summed E-state index contributed by atoms with van der Waals surface area (Å²) in [6.07, 6.45) is 0.818. The van der Waals surface area contributed by atoms with Gasteiger partial charge in [-0.05, 0) is 25.3 Å². The van der Waals surface area contributed by atoms with E-state index in [4.69, 9.17) is 0 Å². The van der Waals surface area contributed by atoms with E-state index in [-0.39, 0.29) is 18.4 Å². The molecule has 0 aromatic rings. The zero-order valence-corrected chi connectivity index (χ0v) is 7.47. The number of aliphatic hydroxyl groups excluding tert-OH is 1. The quantitative estimate of drug-likeness (QED) is 0.682. The first-order valence-electron chi connectivity index (χ1n) is 4.86. The molecule has 1 aliphatic carbocycles. The number of hydrogen-bond acceptors (Lipinski definition) is 2. The van der Waals surface area contributed by atoms with Crippen molar-refractivity contribution in [2.24, 2.45) is 11.8 Å². The van der Waals surface area contributed by atoms with Gasteiger partial charge in [-0.15, -0.1) is 0 Å². The number of halogens is 2. The number of rotatable bonds is 2. The van der Waals surface area contributed by atoms with Crippen molar-refractivity contribution in [1.29, 1.82) is 0 Å². The van der Waals surface area contributed by atoms with Gasteiger partial charge in [-0.1, -0.05) is 0 Å². The molecular weight excluding hydrogens is 176 g/mol. The van der Waals surface area contributed by atoms with Crippen molar-refractivity contribution in [3.8, 4) is 0 Å². The van der Waals surface area contributed by atoms with E-state index in [0.29, 0.717) is 19.4 Å². The smallest absolute Gasteiger partial charge is 0.251 e. The van der Waals surface area contributed by atoms with Crippen LogP contribution in [0.2, 0.25) is 0 Å². The van der Waals surface area contributed by atoms with E-state index in [1.165, 1.54) is 0 Å². The van der Waals surface area contributed by atoms with Gasteiger partial charge in [0.15, 0.2) is 0 Å². The summed E-state index contributed by atoms with van der Waals surface area (Å²) in [6.45, 7) is 1.49. The van der Waals surface area contributed by atoms with Gasteiger partial charge in [0.1, 0.15) is 0 Å². The Hall–Kier alpha value is -0.220. The lowest BCUT2D eigenvalue weighted by Gasteiger charge is -2.28. The summed E-state index contributed by atoms with van der Waals surface area (Å²) in [5, 5.41) is 12.7. The van der Waals surface area contributed by atoms with Gasteiger partial charge >= 0.3 is 0 Å². The van der Waals surface area contributed by atoms with Crippen molar-refractivity contribution in [3.63, 3.8) is 0 Å². The molecule has 2 fully saturated rings. The standard InChI is InChI=1S/C9H15F2NO/c10-9(11)4-7(9)3-6-5-12-2-1-8(6)13/h6-8,12-13H,1-5H2. The molecule has 0 spiro atoms. The van der Waals surface area contributed by atoms with Crippen LogP contribution in [0.15, 0.2) is 0 Å². The average molecular weight is 191 g/mol. The zero-order chi connectivity index (χ0) is 9.47. The van der Waals surface area contributed by atoms with Crippen LogP contribution in [0.1, 0.15) is 19.3 Å². The Morgan fingerprint density at radius 3 is 2.69 bits per heavy atom. The molecule has 13 heavy (non-hydrogen) atoms. The first kappa shape index (κ1) is 9.34. The second kappa shape index (κ2) is 3.17. The third kappa shape index (κ3) is 1.99. The van der Waals surface area contributed by atoms with E-state index in [9.17, 15) is 13.9 Å². The lowest BCUT2D eigenvalue weighted by molar-refractivity contribution is 0.0515. The summed E-state index contributed by atoms with van der Waals surface area (Å²) in [5.41, 5.74) is 0. The Morgan fingerprint density at radius 1 is 1.46 bits per heavy atom. The number of aliphatic hydroxyl groups is 1. The zero-order valence-electron chi connectivity index (χ0n) is 7.47. The molecule has 0 aromatic heterocycles. The molecule has 1 saturated carbocycles. The SMILES string of the molecule is OC1CCNCC1CC1CC1(F)F. The average Bonchev–Trinajstić information content (AvgIpc) is 2.64. The van der Waals surface area contributed by atoms with E-state index in [2.05, 4.69) is 5.32 Å². The van der Waals surface area contributed by atoms with Gasteiger partial charge in [-0.25, -0.2) is 8.78 Å². The maximum Gasteiger partial charge on any atom is 0.251 e. The maximum atomic E-state index is 12.6. The molecule has 3 unspecified atom stereocenters. The van der Waals surface area contributed by atoms with Gasteiger partial charge in [-0.2, -0.15) is 0 Å². The van der Waals surface area contributed by atoms with Gasteiger partial charge in [0, 0.05) is 18.9 Å². The van der Waals surface area contributed by atoms with Gasteiger partial charge in [0.25, 0.3) is 5.92 Å². The topological polar surface area (TPSA) is 32.3 Å². The predicted molar refractivity (Wildman–Crippen MR) is 44.7 cm³/mol. The lowest BCUT2D eigenvalue weighted by atomic mass is 9.91. The molecule has 76 valence electrons. The summed E-state index contributed by atoms with van der Waals surface area (Å²) in [4.78, 5) is 0. The van der Waals surface area contributed by atoms with Crippen LogP contribution >= 0.6 is 0 Å². The third-order valence-corrected chi connectivity index (χ3v) is 3.11. The van der Waals surface area contributed by atoms with Crippen LogP contribution in [0.25, 0.3) is 0 Å². The highest BCUT2D eigenvalue weighted by Crippen LogP contribution is 2.52. The molecule has 0 aromatic carbocycles. The molecule has 2 aliphatic rings. The summed E-state index contributed by atoms with van der Waals surface area (Å²) in [6, 6.07) is 0. The number of hydrogen-bond donors (Lipinski definition) is 2. The normalized spacial score (nSPS) is 43.2. The molecule has 1 heterocycles. The largest absolute Gasteiger partial charge is 0.393 e. The van der Waals surface area contributed by atoms with E-state index in [1.807, 2.05) is 0 Å². The van der Waals surface area contributed by atoms with Crippen LogP contribution in [0, 0.1) is 11.8 Å². The van der Waals surface area contributed by atoms with E-state index >= 15 is 0 Å². The van der Waals surface area contributed by atoms with E-state index in [0.717, 1.165) is 6.54 Å². The summed E-state index contributed by atoms with van der Waals surface area (Å²) in [5.74, 6) is -2.86. The van der Waals surface area contributed by atoms with E-state index in [1.54, 1.807) is 0 Å². The Bertz CT molecular complexity index is 198. The highest BCUT2D eigenvalue weighted by Gasteiger charge is 2.57. The fourth-order valence-corrected chi connectivity index (χ4v) is 2.04.